The van der Waals surface area contributed by atoms with E-state index in [0.29, 0.717) is 23.7 Å². The molecule has 2 aromatic rings. The van der Waals surface area contributed by atoms with Crippen LogP contribution in [0.2, 0.25) is 0 Å². The third-order valence-corrected chi connectivity index (χ3v) is 4.41. The van der Waals surface area contributed by atoms with Gasteiger partial charge in [-0.25, -0.2) is 0 Å². The number of nitrogens with zero attached hydrogens (tertiary/aromatic N) is 3. The summed E-state index contributed by atoms with van der Waals surface area (Å²) >= 11 is 5.33. The largest absolute Gasteiger partial charge is 0.352 e. The highest BCUT2D eigenvalue weighted by atomic mass is 32.1. The number of H-pyrrole nitrogens is 1. The van der Waals surface area contributed by atoms with Crippen molar-refractivity contribution in [2.24, 2.45) is 0 Å². The molecule has 2 N–H and O–H groups in total. The van der Waals surface area contributed by atoms with Gasteiger partial charge in [-0.05, 0) is 46.0 Å². The molecule has 0 radical (unpaired) electrons. The Labute approximate surface area is 164 Å². The maximum Gasteiger partial charge on any atom is 0.239 e. The molecule has 0 bridgehead atoms. The smallest absolute Gasteiger partial charge is 0.239 e. The first-order valence-electron chi connectivity index (χ1n) is 9.11. The number of rotatable bonds is 8. The second-order valence-corrected chi connectivity index (χ2v) is 7.14. The standard InChI is InChI=1S/C19H27N5O2S/c1-5-23(12-16(25)20-13(2)3)17(26)9-10-24-18(21-22-19(24)27)15-8-6-7-14(4)11-15/h6-8,11,13H,5,9-10,12H2,1-4H3,(H,20,25)(H,22,27). The first-order valence-corrected chi connectivity index (χ1v) is 9.52. The van der Waals surface area contributed by atoms with Crippen LogP contribution in [-0.4, -0.2) is 50.6 Å². The van der Waals surface area contributed by atoms with Crippen LogP contribution in [0.1, 0.15) is 32.8 Å². The molecule has 27 heavy (non-hydrogen) atoms. The molecule has 0 aliphatic rings. The quantitative estimate of drug-likeness (QED) is 0.680. The average molecular weight is 390 g/mol. The molecule has 0 unspecified atom stereocenters. The van der Waals surface area contributed by atoms with Crippen molar-refractivity contribution in [3.8, 4) is 11.4 Å². The molecule has 2 rings (SSSR count). The molecule has 1 aromatic heterocycles. The van der Waals surface area contributed by atoms with Crippen molar-refractivity contribution in [2.75, 3.05) is 13.1 Å². The topological polar surface area (TPSA) is 83.0 Å². The predicted octanol–water partition coefficient (Wildman–Crippen LogP) is 2.68. The molecule has 0 atom stereocenters. The van der Waals surface area contributed by atoms with Gasteiger partial charge < -0.3 is 10.2 Å². The minimum Gasteiger partial charge on any atom is -0.352 e. The number of carbonyl (C=O) groups excluding carboxylic acids is 2. The first-order chi connectivity index (χ1) is 12.8. The fraction of sp³-hybridized carbons (Fsp3) is 0.474. The Hall–Kier alpha value is -2.48. The van der Waals surface area contributed by atoms with E-state index in [1.807, 2.05) is 56.5 Å². The van der Waals surface area contributed by atoms with Crippen LogP contribution in [0.15, 0.2) is 24.3 Å². The molecule has 2 amide bonds. The van der Waals surface area contributed by atoms with E-state index in [0.717, 1.165) is 11.1 Å². The van der Waals surface area contributed by atoms with E-state index in [4.69, 9.17) is 12.2 Å². The SMILES string of the molecule is CCN(CC(=O)NC(C)C)C(=O)CCn1c(-c2cccc(C)c2)n[nH]c1=S. The fourth-order valence-corrected chi connectivity index (χ4v) is 3.04. The summed E-state index contributed by atoms with van der Waals surface area (Å²) in [6, 6.07) is 8.01. The van der Waals surface area contributed by atoms with Gasteiger partial charge in [-0.3, -0.25) is 19.3 Å². The van der Waals surface area contributed by atoms with Crippen LogP contribution in [0.25, 0.3) is 11.4 Å². The fourth-order valence-electron chi connectivity index (χ4n) is 2.81. The van der Waals surface area contributed by atoms with Crippen LogP contribution in [0, 0.1) is 11.7 Å². The lowest BCUT2D eigenvalue weighted by molar-refractivity contribution is -0.136. The lowest BCUT2D eigenvalue weighted by Gasteiger charge is -2.21. The van der Waals surface area contributed by atoms with Gasteiger partial charge in [-0.15, -0.1) is 0 Å². The van der Waals surface area contributed by atoms with Crippen molar-refractivity contribution in [1.29, 1.82) is 0 Å². The van der Waals surface area contributed by atoms with Gasteiger partial charge in [0.15, 0.2) is 10.6 Å². The summed E-state index contributed by atoms with van der Waals surface area (Å²) in [5, 5.41) is 9.92. The molecule has 0 saturated carbocycles. The number of hydrogen-bond acceptors (Lipinski definition) is 4. The van der Waals surface area contributed by atoms with Gasteiger partial charge in [-0.2, -0.15) is 5.10 Å². The molecule has 8 heteroatoms. The second kappa shape index (κ2) is 9.45. The highest BCUT2D eigenvalue weighted by molar-refractivity contribution is 7.71. The highest BCUT2D eigenvalue weighted by Gasteiger charge is 2.17. The zero-order valence-corrected chi connectivity index (χ0v) is 17.1. The molecule has 0 aliphatic heterocycles. The number of aromatic amines is 1. The third kappa shape index (κ3) is 5.75. The number of nitrogens with one attached hydrogen (secondary N) is 2. The molecular formula is C19H27N5O2S. The highest BCUT2D eigenvalue weighted by Crippen LogP contribution is 2.19. The lowest BCUT2D eigenvalue weighted by atomic mass is 10.1. The van der Waals surface area contributed by atoms with Gasteiger partial charge in [0.05, 0.1) is 6.54 Å². The number of hydrogen-bond donors (Lipinski definition) is 2. The van der Waals surface area contributed by atoms with Crippen LogP contribution >= 0.6 is 12.2 Å². The molecule has 7 nitrogen and oxygen atoms in total. The van der Waals surface area contributed by atoms with E-state index in [1.165, 1.54) is 0 Å². The van der Waals surface area contributed by atoms with Crippen molar-refractivity contribution in [3.05, 3.63) is 34.6 Å². The minimum absolute atomic E-state index is 0.0486. The number of aryl methyl sites for hydroxylation is 1. The van der Waals surface area contributed by atoms with Crippen LogP contribution < -0.4 is 5.32 Å². The molecular weight excluding hydrogens is 362 g/mol. The van der Waals surface area contributed by atoms with Crippen molar-refractivity contribution < 1.29 is 9.59 Å². The van der Waals surface area contributed by atoms with Crippen molar-refractivity contribution >= 4 is 24.0 Å². The van der Waals surface area contributed by atoms with Gasteiger partial charge in [0.1, 0.15) is 0 Å². The van der Waals surface area contributed by atoms with E-state index in [-0.39, 0.29) is 30.8 Å². The second-order valence-electron chi connectivity index (χ2n) is 6.75. The molecule has 0 aliphatic carbocycles. The Morgan fingerprint density at radius 3 is 2.74 bits per heavy atom. The first kappa shape index (κ1) is 20.8. The van der Waals surface area contributed by atoms with Crippen LogP contribution in [0.4, 0.5) is 0 Å². The number of benzene rings is 1. The van der Waals surface area contributed by atoms with Crippen molar-refractivity contribution in [1.82, 2.24) is 25.0 Å². The van der Waals surface area contributed by atoms with Crippen LogP contribution in [0.3, 0.4) is 0 Å². The lowest BCUT2D eigenvalue weighted by Crippen LogP contribution is -2.42. The molecule has 0 spiro atoms. The third-order valence-electron chi connectivity index (χ3n) is 4.10. The number of carbonyl (C=O) groups is 2. The Morgan fingerprint density at radius 2 is 2.11 bits per heavy atom. The number of amides is 2. The van der Waals surface area contributed by atoms with E-state index < -0.39 is 0 Å². The van der Waals surface area contributed by atoms with Crippen molar-refractivity contribution in [3.63, 3.8) is 0 Å². The summed E-state index contributed by atoms with van der Waals surface area (Å²) in [5.41, 5.74) is 2.07. The van der Waals surface area contributed by atoms with E-state index in [2.05, 4.69) is 15.5 Å². The Morgan fingerprint density at radius 1 is 1.37 bits per heavy atom. The van der Waals surface area contributed by atoms with E-state index in [9.17, 15) is 9.59 Å². The van der Waals surface area contributed by atoms with Crippen LogP contribution in [-0.2, 0) is 16.1 Å². The molecule has 146 valence electrons. The Balaban J connectivity index is 2.07. The van der Waals surface area contributed by atoms with Gasteiger partial charge in [0.2, 0.25) is 11.8 Å². The molecule has 1 aromatic carbocycles. The van der Waals surface area contributed by atoms with Gasteiger partial charge in [0, 0.05) is 31.1 Å². The molecule has 1 heterocycles. The van der Waals surface area contributed by atoms with Crippen molar-refractivity contribution in [2.45, 2.75) is 46.7 Å². The summed E-state index contributed by atoms with van der Waals surface area (Å²) in [6.45, 7) is 8.61. The maximum atomic E-state index is 12.6. The number of likely N-dealkylation sites (N-methyl/N-ethyl adjacent to an activating group) is 1. The summed E-state index contributed by atoms with van der Waals surface area (Å²) in [7, 11) is 0. The number of aromatic nitrogens is 3. The summed E-state index contributed by atoms with van der Waals surface area (Å²) in [4.78, 5) is 26.1. The zero-order chi connectivity index (χ0) is 20.0. The molecule has 0 saturated heterocycles. The predicted molar refractivity (Wildman–Crippen MR) is 108 cm³/mol. The maximum absolute atomic E-state index is 12.6. The summed E-state index contributed by atoms with van der Waals surface area (Å²) < 4.78 is 2.30. The monoisotopic (exact) mass is 389 g/mol. The average Bonchev–Trinajstić information content (AvgIpc) is 2.97. The zero-order valence-electron chi connectivity index (χ0n) is 16.3. The van der Waals surface area contributed by atoms with Gasteiger partial charge in [0.25, 0.3) is 0 Å². The van der Waals surface area contributed by atoms with E-state index >= 15 is 0 Å². The van der Waals surface area contributed by atoms with Gasteiger partial charge in [-0.1, -0.05) is 23.8 Å². The molecule has 0 fully saturated rings. The Bertz CT molecular complexity index is 856. The van der Waals surface area contributed by atoms with Gasteiger partial charge >= 0.3 is 0 Å². The minimum atomic E-state index is -0.152. The Kier molecular flexibility index (Phi) is 7.29. The van der Waals surface area contributed by atoms with E-state index in [1.54, 1.807) is 4.90 Å². The summed E-state index contributed by atoms with van der Waals surface area (Å²) in [6.07, 6.45) is 0.245. The normalized spacial score (nSPS) is 10.9. The van der Waals surface area contributed by atoms with Crippen LogP contribution in [0.5, 0.6) is 0 Å². The summed E-state index contributed by atoms with van der Waals surface area (Å²) in [5.74, 6) is 0.465.